The Balaban J connectivity index is 2.16. The number of methoxy groups -OCH3 is 1. The van der Waals surface area contributed by atoms with Gasteiger partial charge in [0.15, 0.2) is 0 Å². The van der Waals surface area contributed by atoms with Crippen LogP contribution in [0.3, 0.4) is 0 Å². The van der Waals surface area contributed by atoms with E-state index < -0.39 is 0 Å². The number of nitrogens with one attached hydrogen (secondary N) is 1. The highest BCUT2D eigenvalue weighted by molar-refractivity contribution is 6.10. The fourth-order valence-corrected chi connectivity index (χ4v) is 2.59. The molecule has 22 heavy (non-hydrogen) atoms. The van der Waals surface area contributed by atoms with E-state index in [0.29, 0.717) is 5.56 Å². The molecule has 4 heteroatoms. The number of esters is 1. The second-order valence-electron chi connectivity index (χ2n) is 5.28. The maximum Gasteiger partial charge on any atom is 0.342 e. The third kappa shape index (κ3) is 2.33. The SMILES string of the molecule is COC(=O)c1c(N(C)c2ccc(C)cc2)[nH]c2ccccc12. The second-order valence-corrected chi connectivity index (χ2v) is 5.28. The number of hydrogen-bond donors (Lipinski definition) is 1. The van der Waals surface area contributed by atoms with Crippen LogP contribution in [-0.2, 0) is 4.74 Å². The first-order valence-electron chi connectivity index (χ1n) is 7.11. The molecule has 3 aromatic rings. The molecule has 0 saturated heterocycles. The maximum absolute atomic E-state index is 12.2. The molecule has 2 aromatic carbocycles. The summed E-state index contributed by atoms with van der Waals surface area (Å²) in [6.45, 7) is 2.05. The van der Waals surface area contributed by atoms with Gasteiger partial charge >= 0.3 is 5.97 Å². The number of para-hydroxylation sites is 1. The molecule has 0 fully saturated rings. The first kappa shape index (κ1) is 14.2. The lowest BCUT2D eigenvalue weighted by Crippen LogP contribution is -2.14. The van der Waals surface area contributed by atoms with Crippen LogP contribution in [0.1, 0.15) is 15.9 Å². The molecule has 0 aliphatic heterocycles. The lowest BCUT2D eigenvalue weighted by molar-refractivity contribution is 0.0604. The molecule has 0 unspecified atom stereocenters. The van der Waals surface area contributed by atoms with E-state index in [1.807, 2.05) is 67.4 Å². The van der Waals surface area contributed by atoms with E-state index in [1.54, 1.807) is 0 Å². The summed E-state index contributed by atoms with van der Waals surface area (Å²) in [7, 11) is 3.33. The molecule has 0 spiro atoms. The molecule has 112 valence electrons. The molecule has 0 amide bonds. The lowest BCUT2D eigenvalue weighted by Gasteiger charge is -2.19. The molecule has 0 atom stereocenters. The molecule has 1 aromatic heterocycles. The lowest BCUT2D eigenvalue weighted by atomic mass is 10.1. The zero-order valence-corrected chi connectivity index (χ0v) is 12.9. The summed E-state index contributed by atoms with van der Waals surface area (Å²) < 4.78 is 4.96. The van der Waals surface area contributed by atoms with Gasteiger partial charge in [0, 0.05) is 23.6 Å². The van der Waals surface area contributed by atoms with Gasteiger partial charge in [-0.3, -0.25) is 0 Å². The average Bonchev–Trinajstić information content (AvgIpc) is 2.93. The largest absolute Gasteiger partial charge is 0.465 e. The predicted octanol–water partition coefficient (Wildman–Crippen LogP) is 4.03. The highest BCUT2D eigenvalue weighted by Gasteiger charge is 2.22. The first-order chi connectivity index (χ1) is 10.6. The number of aromatic nitrogens is 1. The number of nitrogens with zero attached hydrogens (tertiary/aromatic N) is 1. The van der Waals surface area contributed by atoms with Crippen molar-refractivity contribution in [3.8, 4) is 0 Å². The van der Waals surface area contributed by atoms with Crippen LogP contribution in [0.4, 0.5) is 11.5 Å². The average molecular weight is 294 g/mol. The molecule has 3 rings (SSSR count). The van der Waals surface area contributed by atoms with Crippen LogP contribution in [0, 0.1) is 6.92 Å². The summed E-state index contributed by atoms with van der Waals surface area (Å²) in [5, 5.41) is 0.864. The summed E-state index contributed by atoms with van der Waals surface area (Å²) in [5.74, 6) is 0.392. The molecule has 0 saturated carbocycles. The molecule has 1 heterocycles. The van der Waals surface area contributed by atoms with Gasteiger partial charge in [-0.25, -0.2) is 4.79 Å². The van der Waals surface area contributed by atoms with Crippen molar-refractivity contribution in [2.75, 3.05) is 19.1 Å². The van der Waals surface area contributed by atoms with Crippen LogP contribution in [0.5, 0.6) is 0 Å². The number of H-pyrrole nitrogens is 1. The summed E-state index contributed by atoms with van der Waals surface area (Å²) >= 11 is 0. The fourth-order valence-electron chi connectivity index (χ4n) is 2.59. The van der Waals surface area contributed by atoms with E-state index in [2.05, 4.69) is 4.98 Å². The van der Waals surface area contributed by atoms with Gasteiger partial charge in [0.2, 0.25) is 0 Å². The van der Waals surface area contributed by atoms with Gasteiger partial charge in [0.1, 0.15) is 11.4 Å². The van der Waals surface area contributed by atoms with Crippen molar-refractivity contribution < 1.29 is 9.53 Å². The highest BCUT2D eigenvalue weighted by atomic mass is 16.5. The van der Waals surface area contributed by atoms with Crippen molar-refractivity contribution in [2.45, 2.75) is 6.92 Å². The summed E-state index contributed by atoms with van der Waals surface area (Å²) in [4.78, 5) is 17.5. The number of hydrogen-bond acceptors (Lipinski definition) is 3. The van der Waals surface area contributed by atoms with Crippen LogP contribution in [-0.4, -0.2) is 25.1 Å². The summed E-state index contributed by atoms with van der Waals surface area (Å²) in [5.41, 5.74) is 3.67. The summed E-state index contributed by atoms with van der Waals surface area (Å²) in [6.07, 6.45) is 0. The van der Waals surface area contributed by atoms with Crippen molar-refractivity contribution in [1.29, 1.82) is 0 Å². The van der Waals surface area contributed by atoms with Crippen molar-refractivity contribution in [3.63, 3.8) is 0 Å². The quantitative estimate of drug-likeness (QED) is 0.742. The minimum atomic E-state index is -0.341. The van der Waals surface area contributed by atoms with Gasteiger partial charge in [-0.15, -0.1) is 0 Å². The van der Waals surface area contributed by atoms with Crippen LogP contribution < -0.4 is 4.90 Å². The minimum absolute atomic E-state index is 0.341. The predicted molar refractivity (Wildman–Crippen MR) is 88.9 cm³/mol. The number of rotatable bonds is 3. The topological polar surface area (TPSA) is 45.3 Å². The standard InChI is InChI=1S/C18H18N2O2/c1-12-8-10-13(11-9-12)20(2)17-16(18(21)22-3)14-6-4-5-7-15(14)19-17/h4-11,19H,1-3H3. The van der Waals surface area contributed by atoms with Gasteiger partial charge in [-0.05, 0) is 25.1 Å². The second kappa shape index (κ2) is 5.56. The van der Waals surface area contributed by atoms with Crippen LogP contribution in [0.2, 0.25) is 0 Å². The van der Waals surface area contributed by atoms with E-state index in [9.17, 15) is 4.79 Å². The molecular weight excluding hydrogens is 276 g/mol. The zero-order chi connectivity index (χ0) is 15.7. The number of ether oxygens (including phenoxy) is 1. The Morgan fingerprint density at radius 1 is 1.09 bits per heavy atom. The van der Waals surface area contributed by atoms with Crippen LogP contribution >= 0.6 is 0 Å². The minimum Gasteiger partial charge on any atom is -0.465 e. The first-order valence-corrected chi connectivity index (χ1v) is 7.11. The molecule has 1 N–H and O–H groups in total. The number of fused-ring (bicyclic) bond motifs is 1. The molecule has 0 aliphatic rings. The molecule has 0 bridgehead atoms. The number of benzene rings is 2. The smallest absolute Gasteiger partial charge is 0.342 e. The Morgan fingerprint density at radius 3 is 2.45 bits per heavy atom. The molecular formula is C18H18N2O2. The zero-order valence-electron chi connectivity index (χ0n) is 12.9. The fraction of sp³-hybridized carbons (Fsp3) is 0.167. The van der Waals surface area contributed by atoms with Crippen molar-refractivity contribution in [1.82, 2.24) is 4.98 Å². The van der Waals surface area contributed by atoms with E-state index >= 15 is 0 Å². The van der Waals surface area contributed by atoms with Crippen molar-refractivity contribution >= 4 is 28.4 Å². The van der Waals surface area contributed by atoms with Gasteiger partial charge in [0.05, 0.1) is 7.11 Å². The number of aryl methyl sites for hydroxylation is 1. The Bertz CT molecular complexity index is 819. The van der Waals surface area contributed by atoms with Gasteiger partial charge in [0.25, 0.3) is 0 Å². The maximum atomic E-state index is 12.2. The molecule has 0 aliphatic carbocycles. The number of aromatic amines is 1. The highest BCUT2D eigenvalue weighted by Crippen LogP contribution is 2.32. The normalized spacial score (nSPS) is 10.7. The Labute approximate surface area is 129 Å². The molecule has 0 radical (unpaired) electrons. The monoisotopic (exact) mass is 294 g/mol. The van der Waals surface area contributed by atoms with Crippen LogP contribution in [0.15, 0.2) is 48.5 Å². The third-order valence-corrected chi connectivity index (χ3v) is 3.83. The summed E-state index contributed by atoms with van der Waals surface area (Å²) in [6, 6.07) is 15.9. The Hall–Kier alpha value is -2.75. The Morgan fingerprint density at radius 2 is 1.77 bits per heavy atom. The van der Waals surface area contributed by atoms with Gasteiger partial charge in [-0.2, -0.15) is 0 Å². The van der Waals surface area contributed by atoms with Crippen molar-refractivity contribution in [2.24, 2.45) is 0 Å². The van der Waals surface area contributed by atoms with Crippen molar-refractivity contribution in [3.05, 3.63) is 59.7 Å². The number of anilines is 2. The number of carbonyl (C=O) groups excluding carboxylic acids is 1. The van der Waals surface area contributed by atoms with E-state index in [4.69, 9.17) is 4.74 Å². The molecule has 4 nitrogen and oxygen atoms in total. The van der Waals surface area contributed by atoms with Gasteiger partial charge < -0.3 is 14.6 Å². The number of carbonyl (C=O) groups is 1. The Kier molecular flexibility index (Phi) is 3.59. The van der Waals surface area contributed by atoms with E-state index in [0.717, 1.165) is 22.4 Å². The van der Waals surface area contributed by atoms with Gasteiger partial charge in [-0.1, -0.05) is 35.9 Å². The van der Waals surface area contributed by atoms with E-state index in [-0.39, 0.29) is 5.97 Å². The van der Waals surface area contributed by atoms with Crippen LogP contribution in [0.25, 0.3) is 10.9 Å². The van der Waals surface area contributed by atoms with E-state index in [1.165, 1.54) is 12.7 Å². The third-order valence-electron chi connectivity index (χ3n) is 3.83.